The normalized spacial score (nSPS) is 10.4. The maximum atomic E-state index is 12.0. The van der Waals surface area contributed by atoms with Crippen LogP contribution < -0.4 is 5.32 Å². The zero-order chi connectivity index (χ0) is 17.0. The zero-order valence-corrected chi connectivity index (χ0v) is 14.1. The molecule has 5 nitrogen and oxygen atoms in total. The maximum absolute atomic E-state index is 12.0. The van der Waals surface area contributed by atoms with Gasteiger partial charge in [0, 0.05) is 26.4 Å². The van der Waals surface area contributed by atoms with E-state index in [0.717, 1.165) is 18.5 Å². The number of rotatable bonds is 9. The smallest absolute Gasteiger partial charge is 0.317 e. The minimum Gasteiger partial charge on any atom is -0.381 e. The molecule has 0 saturated carbocycles. The van der Waals surface area contributed by atoms with Gasteiger partial charge in [-0.15, -0.1) is 0 Å². The second kappa shape index (κ2) is 10.4. The van der Waals surface area contributed by atoms with Crippen molar-refractivity contribution in [3.8, 4) is 0 Å². The number of ether oxygens (including phenoxy) is 1. The van der Waals surface area contributed by atoms with Crippen molar-refractivity contribution >= 4 is 6.03 Å². The number of nitrogens with zero attached hydrogens (tertiary/aromatic N) is 2. The lowest BCUT2D eigenvalue weighted by molar-refractivity contribution is 0.134. The number of benzene rings is 1. The Kier molecular flexibility index (Phi) is 7.77. The van der Waals surface area contributed by atoms with Gasteiger partial charge in [0.25, 0.3) is 0 Å². The van der Waals surface area contributed by atoms with Gasteiger partial charge >= 0.3 is 6.03 Å². The largest absolute Gasteiger partial charge is 0.381 e. The van der Waals surface area contributed by atoms with Crippen molar-refractivity contribution in [1.29, 1.82) is 0 Å². The first-order valence-electron chi connectivity index (χ1n) is 8.26. The number of aromatic nitrogens is 1. The summed E-state index contributed by atoms with van der Waals surface area (Å²) < 4.78 is 5.60. The summed E-state index contributed by atoms with van der Waals surface area (Å²) in [5, 5.41) is 2.89. The highest BCUT2D eigenvalue weighted by Crippen LogP contribution is 2.00. The van der Waals surface area contributed by atoms with Gasteiger partial charge in [0.15, 0.2) is 0 Å². The van der Waals surface area contributed by atoms with Crippen LogP contribution in [0.2, 0.25) is 0 Å². The molecule has 0 saturated heterocycles. The highest BCUT2D eigenvalue weighted by molar-refractivity contribution is 5.73. The first-order chi connectivity index (χ1) is 11.8. The number of hydrogen-bond acceptors (Lipinski definition) is 3. The Balaban J connectivity index is 1.51. The Morgan fingerprint density at radius 1 is 1.12 bits per heavy atom. The molecule has 2 aromatic rings. The van der Waals surface area contributed by atoms with Crippen molar-refractivity contribution in [3.05, 3.63) is 66.0 Å². The highest BCUT2D eigenvalue weighted by Gasteiger charge is 2.08. The Morgan fingerprint density at radius 3 is 2.67 bits per heavy atom. The van der Waals surface area contributed by atoms with Gasteiger partial charge in [-0.25, -0.2) is 4.79 Å². The van der Waals surface area contributed by atoms with E-state index in [1.165, 1.54) is 5.56 Å². The molecule has 24 heavy (non-hydrogen) atoms. The maximum Gasteiger partial charge on any atom is 0.317 e. The standard InChI is InChI=1S/C19H25N3O2/c1-22(16-18-10-5-6-12-20-18)19(23)21-13-7-14-24-15-11-17-8-3-2-4-9-17/h2-6,8-10,12H,7,11,13-16H2,1H3,(H,21,23). The fourth-order valence-corrected chi connectivity index (χ4v) is 2.25. The SMILES string of the molecule is CN(Cc1ccccn1)C(=O)NCCCOCCc1ccccc1. The first-order valence-corrected chi connectivity index (χ1v) is 8.26. The summed E-state index contributed by atoms with van der Waals surface area (Å²) in [5.74, 6) is 0. The Bertz CT molecular complexity index is 590. The van der Waals surface area contributed by atoms with Gasteiger partial charge in [-0.1, -0.05) is 36.4 Å². The molecule has 0 unspecified atom stereocenters. The summed E-state index contributed by atoms with van der Waals surface area (Å²) in [6.07, 6.45) is 3.45. The molecule has 0 fully saturated rings. The minimum atomic E-state index is -0.0926. The van der Waals surface area contributed by atoms with E-state index in [4.69, 9.17) is 4.74 Å². The van der Waals surface area contributed by atoms with E-state index in [0.29, 0.717) is 26.3 Å². The van der Waals surface area contributed by atoms with Crippen molar-refractivity contribution < 1.29 is 9.53 Å². The van der Waals surface area contributed by atoms with Crippen LogP contribution in [-0.4, -0.2) is 42.7 Å². The molecule has 1 N–H and O–H groups in total. The summed E-state index contributed by atoms with van der Waals surface area (Å²) in [6, 6.07) is 15.9. The van der Waals surface area contributed by atoms with Crippen LogP contribution in [0.25, 0.3) is 0 Å². The van der Waals surface area contributed by atoms with Crippen LogP contribution in [0.4, 0.5) is 4.79 Å². The lowest BCUT2D eigenvalue weighted by atomic mass is 10.2. The van der Waals surface area contributed by atoms with Gasteiger partial charge < -0.3 is 15.0 Å². The molecule has 0 atom stereocenters. The van der Waals surface area contributed by atoms with E-state index >= 15 is 0 Å². The van der Waals surface area contributed by atoms with Crippen molar-refractivity contribution in [3.63, 3.8) is 0 Å². The van der Waals surface area contributed by atoms with Gasteiger partial charge in [-0.05, 0) is 30.5 Å². The zero-order valence-electron chi connectivity index (χ0n) is 14.1. The lowest BCUT2D eigenvalue weighted by Gasteiger charge is -2.17. The van der Waals surface area contributed by atoms with E-state index in [2.05, 4.69) is 22.4 Å². The molecule has 0 aliphatic rings. The van der Waals surface area contributed by atoms with Crippen LogP contribution in [0.15, 0.2) is 54.7 Å². The van der Waals surface area contributed by atoms with Crippen LogP contribution in [0.5, 0.6) is 0 Å². The molecule has 1 aromatic carbocycles. The number of pyridine rings is 1. The number of amides is 2. The van der Waals surface area contributed by atoms with Crippen LogP contribution in [0, 0.1) is 0 Å². The number of hydrogen-bond donors (Lipinski definition) is 1. The lowest BCUT2D eigenvalue weighted by Crippen LogP contribution is -2.37. The molecule has 1 heterocycles. The number of carbonyl (C=O) groups is 1. The second-order valence-corrected chi connectivity index (χ2v) is 5.61. The minimum absolute atomic E-state index is 0.0926. The molecule has 2 rings (SSSR count). The monoisotopic (exact) mass is 327 g/mol. The summed E-state index contributed by atoms with van der Waals surface area (Å²) in [6.45, 7) is 2.46. The summed E-state index contributed by atoms with van der Waals surface area (Å²) in [5.41, 5.74) is 2.15. The average Bonchev–Trinajstić information content (AvgIpc) is 2.62. The fourth-order valence-electron chi connectivity index (χ4n) is 2.25. The van der Waals surface area contributed by atoms with E-state index < -0.39 is 0 Å². The van der Waals surface area contributed by atoms with E-state index in [1.54, 1.807) is 18.1 Å². The quantitative estimate of drug-likeness (QED) is 0.721. The van der Waals surface area contributed by atoms with Crippen molar-refractivity contribution in [2.24, 2.45) is 0 Å². The molecular formula is C19H25N3O2. The summed E-state index contributed by atoms with van der Waals surface area (Å²) in [7, 11) is 1.76. The van der Waals surface area contributed by atoms with Gasteiger partial charge in [0.1, 0.15) is 0 Å². The second-order valence-electron chi connectivity index (χ2n) is 5.61. The molecule has 0 aliphatic heterocycles. The first kappa shape index (κ1) is 17.9. The molecule has 0 radical (unpaired) electrons. The summed E-state index contributed by atoms with van der Waals surface area (Å²) in [4.78, 5) is 17.8. The Labute approximate surface area is 143 Å². The van der Waals surface area contributed by atoms with Gasteiger partial charge in [-0.3, -0.25) is 4.98 Å². The van der Waals surface area contributed by atoms with Gasteiger partial charge in [0.05, 0.1) is 18.8 Å². The fraction of sp³-hybridized carbons (Fsp3) is 0.368. The third-order valence-corrected chi connectivity index (χ3v) is 3.59. The molecule has 5 heteroatoms. The Hall–Kier alpha value is -2.40. The molecule has 2 amide bonds. The molecule has 0 spiro atoms. The van der Waals surface area contributed by atoms with Crippen molar-refractivity contribution in [2.75, 3.05) is 26.8 Å². The topological polar surface area (TPSA) is 54.5 Å². The third-order valence-electron chi connectivity index (χ3n) is 3.59. The van der Waals surface area contributed by atoms with Gasteiger partial charge in [-0.2, -0.15) is 0 Å². The number of carbonyl (C=O) groups excluding carboxylic acids is 1. The molecular weight excluding hydrogens is 302 g/mol. The molecule has 128 valence electrons. The van der Waals surface area contributed by atoms with Crippen LogP contribution in [-0.2, 0) is 17.7 Å². The van der Waals surface area contributed by atoms with E-state index in [1.807, 2.05) is 36.4 Å². The third kappa shape index (κ3) is 6.79. The highest BCUT2D eigenvalue weighted by atomic mass is 16.5. The van der Waals surface area contributed by atoms with E-state index in [9.17, 15) is 4.79 Å². The predicted molar refractivity (Wildman–Crippen MR) is 94.7 cm³/mol. The van der Waals surface area contributed by atoms with E-state index in [-0.39, 0.29) is 6.03 Å². The van der Waals surface area contributed by atoms with Gasteiger partial charge in [0.2, 0.25) is 0 Å². The van der Waals surface area contributed by atoms with Crippen molar-refractivity contribution in [1.82, 2.24) is 15.2 Å². The summed E-state index contributed by atoms with van der Waals surface area (Å²) >= 11 is 0. The van der Waals surface area contributed by atoms with Crippen LogP contribution in [0.1, 0.15) is 17.7 Å². The average molecular weight is 327 g/mol. The number of urea groups is 1. The number of nitrogens with one attached hydrogen (secondary N) is 1. The van der Waals surface area contributed by atoms with Crippen molar-refractivity contribution in [2.45, 2.75) is 19.4 Å². The molecule has 1 aromatic heterocycles. The van der Waals surface area contributed by atoms with Crippen LogP contribution >= 0.6 is 0 Å². The molecule has 0 aliphatic carbocycles. The van der Waals surface area contributed by atoms with Crippen LogP contribution in [0.3, 0.4) is 0 Å². The molecule has 0 bridgehead atoms. The predicted octanol–water partition coefficient (Wildman–Crippen LogP) is 2.87. The Morgan fingerprint density at radius 2 is 1.92 bits per heavy atom.